The molecule has 0 aromatic heterocycles. The second-order valence-corrected chi connectivity index (χ2v) is 7.78. The first-order chi connectivity index (χ1) is 14.7. The highest BCUT2D eigenvalue weighted by atomic mass is 35.5. The maximum atomic E-state index is 13.5. The average Bonchev–Trinajstić information content (AvgIpc) is 2.73. The predicted molar refractivity (Wildman–Crippen MR) is 110 cm³/mol. The summed E-state index contributed by atoms with van der Waals surface area (Å²) >= 11 is 7.21. The second kappa shape index (κ2) is 11.6. The molecule has 11 heteroatoms. The SMILES string of the molecule is CC(OC(=O)CCSc1ccc(Cl)cc1)C(=O)NCC(=O)Nc1ccc(F)c(F)c1F. The van der Waals surface area contributed by atoms with Crippen molar-refractivity contribution >= 4 is 46.8 Å². The summed E-state index contributed by atoms with van der Waals surface area (Å²) in [6.07, 6.45) is -1.11. The third kappa shape index (κ3) is 7.80. The fourth-order valence-electron chi connectivity index (χ4n) is 2.22. The molecule has 2 aromatic rings. The van der Waals surface area contributed by atoms with E-state index >= 15 is 0 Å². The average molecular weight is 475 g/mol. The van der Waals surface area contributed by atoms with E-state index in [9.17, 15) is 27.6 Å². The summed E-state index contributed by atoms with van der Waals surface area (Å²) in [6.45, 7) is 0.734. The molecule has 0 aliphatic carbocycles. The van der Waals surface area contributed by atoms with E-state index in [-0.39, 0.29) is 6.42 Å². The zero-order valence-corrected chi connectivity index (χ0v) is 17.8. The first-order valence-electron chi connectivity index (χ1n) is 8.96. The van der Waals surface area contributed by atoms with Crippen LogP contribution in [0.5, 0.6) is 0 Å². The first-order valence-corrected chi connectivity index (χ1v) is 10.3. The van der Waals surface area contributed by atoms with Crippen molar-refractivity contribution in [3.05, 3.63) is 58.9 Å². The number of amides is 2. The van der Waals surface area contributed by atoms with Crippen molar-refractivity contribution in [2.45, 2.75) is 24.3 Å². The van der Waals surface area contributed by atoms with Crippen LogP contribution in [0, 0.1) is 17.5 Å². The Kier molecular flexibility index (Phi) is 9.20. The molecule has 0 spiro atoms. The summed E-state index contributed by atoms with van der Waals surface area (Å²) in [5.41, 5.74) is -0.573. The molecule has 166 valence electrons. The lowest BCUT2D eigenvalue weighted by molar-refractivity contribution is -0.154. The van der Waals surface area contributed by atoms with Crippen LogP contribution in [0.3, 0.4) is 0 Å². The number of anilines is 1. The highest BCUT2D eigenvalue weighted by molar-refractivity contribution is 7.99. The summed E-state index contributed by atoms with van der Waals surface area (Å²) in [5.74, 6) is -6.48. The smallest absolute Gasteiger partial charge is 0.307 e. The highest BCUT2D eigenvalue weighted by Crippen LogP contribution is 2.21. The summed E-state index contributed by atoms with van der Waals surface area (Å²) in [4.78, 5) is 36.5. The van der Waals surface area contributed by atoms with Gasteiger partial charge < -0.3 is 15.4 Å². The molecule has 1 atom stereocenters. The number of thioether (sulfide) groups is 1. The van der Waals surface area contributed by atoms with Crippen LogP contribution in [-0.4, -0.2) is 36.2 Å². The van der Waals surface area contributed by atoms with E-state index in [2.05, 4.69) is 5.32 Å². The number of halogens is 4. The maximum Gasteiger partial charge on any atom is 0.307 e. The molecular formula is C20H18ClF3N2O4S. The van der Waals surface area contributed by atoms with Crippen molar-refractivity contribution in [3.8, 4) is 0 Å². The van der Waals surface area contributed by atoms with Gasteiger partial charge in [-0.2, -0.15) is 0 Å². The van der Waals surface area contributed by atoms with Crippen molar-refractivity contribution < 1.29 is 32.3 Å². The van der Waals surface area contributed by atoms with Crippen molar-refractivity contribution in [2.24, 2.45) is 0 Å². The molecule has 0 fully saturated rings. The van der Waals surface area contributed by atoms with Gasteiger partial charge in [-0.1, -0.05) is 11.6 Å². The van der Waals surface area contributed by atoms with Gasteiger partial charge in [-0.3, -0.25) is 14.4 Å². The van der Waals surface area contributed by atoms with Gasteiger partial charge in [-0.25, -0.2) is 13.2 Å². The number of hydrogen-bond acceptors (Lipinski definition) is 5. The second-order valence-electron chi connectivity index (χ2n) is 6.17. The molecule has 31 heavy (non-hydrogen) atoms. The molecular weight excluding hydrogens is 457 g/mol. The van der Waals surface area contributed by atoms with Crippen LogP contribution in [0.4, 0.5) is 18.9 Å². The fourth-order valence-corrected chi connectivity index (χ4v) is 3.18. The molecule has 2 aromatic carbocycles. The summed E-state index contributed by atoms with van der Waals surface area (Å²) < 4.78 is 44.6. The number of hydrogen-bond donors (Lipinski definition) is 2. The van der Waals surface area contributed by atoms with Crippen LogP contribution in [-0.2, 0) is 19.1 Å². The van der Waals surface area contributed by atoms with Gasteiger partial charge in [0.1, 0.15) is 0 Å². The summed E-state index contributed by atoms with van der Waals surface area (Å²) in [7, 11) is 0. The third-order valence-electron chi connectivity index (χ3n) is 3.80. The Labute approximate surface area is 185 Å². The molecule has 1 unspecified atom stereocenters. The van der Waals surface area contributed by atoms with Crippen LogP contribution in [0.25, 0.3) is 0 Å². The predicted octanol–water partition coefficient (Wildman–Crippen LogP) is 3.93. The van der Waals surface area contributed by atoms with Crippen LogP contribution in [0.1, 0.15) is 13.3 Å². The number of carbonyl (C=O) groups excluding carboxylic acids is 3. The number of esters is 1. The van der Waals surface area contributed by atoms with E-state index in [0.717, 1.165) is 11.0 Å². The molecule has 0 saturated carbocycles. The third-order valence-corrected chi connectivity index (χ3v) is 5.06. The zero-order chi connectivity index (χ0) is 23.0. The molecule has 0 heterocycles. The minimum atomic E-state index is -1.73. The van der Waals surface area contributed by atoms with Gasteiger partial charge in [0.15, 0.2) is 23.6 Å². The zero-order valence-electron chi connectivity index (χ0n) is 16.2. The molecule has 2 rings (SSSR count). The summed E-state index contributed by atoms with van der Waals surface area (Å²) in [6, 6.07) is 8.58. The van der Waals surface area contributed by atoms with Gasteiger partial charge in [-0.05, 0) is 43.3 Å². The first kappa shape index (κ1) is 24.5. The van der Waals surface area contributed by atoms with Gasteiger partial charge in [0.25, 0.3) is 5.91 Å². The Morgan fingerprint density at radius 3 is 2.42 bits per heavy atom. The minimum Gasteiger partial charge on any atom is -0.453 e. The van der Waals surface area contributed by atoms with Crippen molar-refractivity contribution in [1.82, 2.24) is 5.32 Å². The van der Waals surface area contributed by atoms with E-state index in [1.54, 1.807) is 12.1 Å². The normalized spacial score (nSPS) is 11.5. The Morgan fingerprint density at radius 1 is 1.06 bits per heavy atom. The minimum absolute atomic E-state index is 0.0564. The monoisotopic (exact) mass is 474 g/mol. The number of nitrogens with one attached hydrogen (secondary N) is 2. The van der Waals surface area contributed by atoms with Gasteiger partial charge >= 0.3 is 5.97 Å². The van der Waals surface area contributed by atoms with E-state index in [1.165, 1.54) is 18.7 Å². The lowest BCUT2D eigenvalue weighted by Gasteiger charge is -2.13. The quantitative estimate of drug-likeness (QED) is 0.327. The standard InChI is InChI=1S/C20H18ClF3N2O4S/c1-11(30-17(28)8-9-31-13-4-2-12(21)3-5-13)20(29)25-10-16(27)26-15-7-6-14(22)18(23)19(15)24/h2-7,11H,8-10H2,1H3,(H,25,29)(H,26,27). The molecule has 6 nitrogen and oxygen atoms in total. The fraction of sp³-hybridized carbons (Fsp3) is 0.250. The number of benzene rings is 2. The lowest BCUT2D eigenvalue weighted by atomic mass is 10.2. The Bertz CT molecular complexity index is 960. The van der Waals surface area contributed by atoms with Crippen molar-refractivity contribution in [1.29, 1.82) is 0 Å². The Balaban J connectivity index is 1.71. The topological polar surface area (TPSA) is 84.5 Å². The molecule has 0 saturated heterocycles. The molecule has 2 N–H and O–H groups in total. The van der Waals surface area contributed by atoms with Crippen molar-refractivity contribution in [3.63, 3.8) is 0 Å². The van der Waals surface area contributed by atoms with E-state index in [1.807, 2.05) is 17.4 Å². The maximum absolute atomic E-state index is 13.5. The van der Waals surface area contributed by atoms with E-state index in [0.29, 0.717) is 16.8 Å². The van der Waals surface area contributed by atoms with E-state index < -0.39 is 53.6 Å². The van der Waals surface area contributed by atoms with E-state index in [4.69, 9.17) is 16.3 Å². The van der Waals surface area contributed by atoms with Crippen LogP contribution >= 0.6 is 23.4 Å². The van der Waals surface area contributed by atoms with Crippen LogP contribution in [0.15, 0.2) is 41.3 Å². The Morgan fingerprint density at radius 2 is 1.74 bits per heavy atom. The van der Waals surface area contributed by atoms with Gasteiger partial charge in [0.2, 0.25) is 5.91 Å². The Hall–Kier alpha value is -2.72. The van der Waals surface area contributed by atoms with Gasteiger partial charge in [0.05, 0.1) is 18.7 Å². The molecule has 0 bridgehead atoms. The molecule has 0 radical (unpaired) electrons. The number of ether oxygens (including phenoxy) is 1. The van der Waals surface area contributed by atoms with Crippen molar-refractivity contribution in [2.75, 3.05) is 17.6 Å². The largest absolute Gasteiger partial charge is 0.453 e. The molecule has 0 aliphatic rings. The highest BCUT2D eigenvalue weighted by Gasteiger charge is 2.19. The number of carbonyl (C=O) groups is 3. The molecule has 0 aliphatic heterocycles. The van der Waals surface area contributed by atoms with Gasteiger partial charge in [-0.15, -0.1) is 11.8 Å². The van der Waals surface area contributed by atoms with Gasteiger partial charge in [0, 0.05) is 15.7 Å². The number of rotatable bonds is 9. The molecule has 2 amide bonds. The lowest BCUT2D eigenvalue weighted by Crippen LogP contribution is -2.40. The van der Waals surface area contributed by atoms with Crippen LogP contribution < -0.4 is 10.6 Å². The summed E-state index contributed by atoms with van der Waals surface area (Å²) in [5, 5.41) is 4.81. The van der Waals surface area contributed by atoms with Crippen LogP contribution in [0.2, 0.25) is 5.02 Å².